The van der Waals surface area contributed by atoms with E-state index in [0.717, 1.165) is 109 Å². The van der Waals surface area contributed by atoms with Crippen LogP contribution in [0.3, 0.4) is 0 Å². The van der Waals surface area contributed by atoms with Crippen molar-refractivity contribution in [2.24, 2.45) is 5.92 Å². The van der Waals surface area contributed by atoms with E-state index in [0.29, 0.717) is 25.7 Å². The molecular weight excluding hydrogens is 1250 g/mol. The van der Waals surface area contributed by atoms with Crippen LogP contribution in [0.5, 0.6) is 0 Å². The summed E-state index contributed by atoms with van der Waals surface area (Å²) in [6.45, 7) is 7.19. The molecule has 0 bridgehead atoms. The van der Waals surface area contributed by atoms with Gasteiger partial charge < -0.3 is 33.8 Å². The topological polar surface area (TPSA) is 237 Å². The van der Waals surface area contributed by atoms with Gasteiger partial charge in [0.05, 0.1) is 26.4 Å². The Hall–Kier alpha value is -1.94. The third kappa shape index (κ3) is 69.0. The third-order valence-electron chi connectivity index (χ3n) is 18.1. The second-order valence-corrected chi connectivity index (χ2v) is 30.5. The number of ether oxygens (including phenoxy) is 4. The molecule has 3 unspecified atom stereocenters. The highest BCUT2D eigenvalue weighted by molar-refractivity contribution is 7.47. The van der Waals surface area contributed by atoms with Crippen LogP contribution >= 0.6 is 15.6 Å². The molecule has 6 atom stereocenters. The van der Waals surface area contributed by atoms with Crippen LogP contribution in [0, 0.1) is 5.92 Å². The molecule has 0 aromatic rings. The standard InChI is InChI=1S/C76H148O17P2/c1-6-10-13-16-19-21-23-25-27-29-30-31-32-34-36-38-40-42-45-51-56-61-75(80)92-71(66-87-74(79)60-55-50-44-41-39-37-35-33-28-26-24-22-20-17-14-11-7-2)67-90-94(82,83)88-63-70(77)64-89-95(84,85)91-68-72(65-86-73(78)59-54-49-43-18-15-12-8-3)93-76(81)62-57-52-47-46-48-53-58-69(5)9-4/h69-72,77H,6-68H2,1-5H3,(H,82,83)(H,84,85)/t69?,70-,71-,72-/m1/s1. The summed E-state index contributed by atoms with van der Waals surface area (Å²) in [5.41, 5.74) is 0. The maximum absolute atomic E-state index is 13.1. The Morgan fingerprint density at radius 3 is 0.747 bits per heavy atom. The second kappa shape index (κ2) is 69.2. The van der Waals surface area contributed by atoms with Crippen LogP contribution in [-0.2, 0) is 65.4 Å². The first kappa shape index (κ1) is 93.1. The van der Waals surface area contributed by atoms with E-state index >= 15 is 0 Å². The van der Waals surface area contributed by atoms with E-state index in [4.69, 9.17) is 37.0 Å². The lowest BCUT2D eigenvalue weighted by Gasteiger charge is -2.21. The number of hydrogen-bond acceptors (Lipinski definition) is 15. The minimum absolute atomic E-state index is 0.103. The Morgan fingerprint density at radius 1 is 0.295 bits per heavy atom. The number of esters is 4. The van der Waals surface area contributed by atoms with E-state index in [1.165, 1.54) is 212 Å². The molecule has 19 heteroatoms. The van der Waals surface area contributed by atoms with Crippen LogP contribution in [0.2, 0.25) is 0 Å². The highest BCUT2D eigenvalue weighted by Gasteiger charge is 2.30. The van der Waals surface area contributed by atoms with Crippen molar-refractivity contribution >= 4 is 39.5 Å². The van der Waals surface area contributed by atoms with E-state index in [2.05, 4.69) is 34.6 Å². The first-order valence-electron chi connectivity index (χ1n) is 39.7. The predicted octanol–water partition coefficient (Wildman–Crippen LogP) is 22.5. The Bertz CT molecular complexity index is 1820. The average Bonchev–Trinajstić information content (AvgIpc) is 1.53. The van der Waals surface area contributed by atoms with Crippen molar-refractivity contribution in [3.05, 3.63) is 0 Å². The van der Waals surface area contributed by atoms with Crippen molar-refractivity contribution in [2.75, 3.05) is 39.6 Å². The van der Waals surface area contributed by atoms with Gasteiger partial charge in [0.25, 0.3) is 0 Å². The van der Waals surface area contributed by atoms with Gasteiger partial charge in [0.15, 0.2) is 12.2 Å². The smallest absolute Gasteiger partial charge is 0.462 e. The number of unbranched alkanes of at least 4 members (excludes halogenated alkanes) is 47. The van der Waals surface area contributed by atoms with E-state index in [9.17, 15) is 43.2 Å². The number of carbonyl (C=O) groups is 4. The minimum Gasteiger partial charge on any atom is -0.462 e. The van der Waals surface area contributed by atoms with Crippen molar-refractivity contribution < 1.29 is 80.2 Å². The van der Waals surface area contributed by atoms with Crippen LogP contribution in [0.25, 0.3) is 0 Å². The van der Waals surface area contributed by atoms with Crippen LogP contribution in [0.15, 0.2) is 0 Å². The Labute approximate surface area is 581 Å². The second-order valence-electron chi connectivity index (χ2n) is 27.6. The molecule has 0 spiro atoms. The number of hydrogen-bond donors (Lipinski definition) is 3. The molecule has 0 aromatic carbocycles. The fraction of sp³-hybridized carbons (Fsp3) is 0.947. The highest BCUT2D eigenvalue weighted by Crippen LogP contribution is 2.45. The largest absolute Gasteiger partial charge is 0.472 e. The van der Waals surface area contributed by atoms with E-state index in [1.807, 2.05) is 0 Å². The van der Waals surface area contributed by atoms with E-state index in [-0.39, 0.29) is 25.7 Å². The lowest BCUT2D eigenvalue weighted by Crippen LogP contribution is -2.30. The van der Waals surface area contributed by atoms with Crippen molar-refractivity contribution in [3.63, 3.8) is 0 Å². The molecule has 0 heterocycles. The fourth-order valence-electron chi connectivity index (χ4n) is 11.7. The summed E-state index contributed by atoms with van der Waals surface area (Å²) in [4.78, 5) is 72.6. The summed E-state index contributed by atoms with van der Waals surface area (Å²) in [5, 5.41) is 10.6. The summed E-state index contributed by atoms with van der Waals surface area (Å²) < 4.78 is 68.4. The number of rotatable bonds is 76. The van der Waals surface area contributed by atoms with Crippen molar-refractivity contribution in [3.8, 4) is 0 Å². The summed E-state index contributed by atoms with van der Waals surface area (Å²) in [6, 6.07) is 0. The molecule has 95 heavy (non-hydrogen) atoms. The molecule has 0 radical (unpaired) electrons. The maximum Gasteiger partial charge on any atom is 0.472 e. The molecule has 0 amide bonds. The van der Waals surface area contributed by atoms with Gasteiger partial charge in [-0.3, -0.25) is 37.3 Å². The fourth-order valence-corrected chi connectivity index (χ4v) is 13.3. The van der Waals surface area contributed by atoms with Gasteiger partial charge in [-0.1, -0.05) is 349 Å². The molecule has 0 rings (SSSR count). The average molecular weight is 1400 g/mol. The molecular formula is C76H148O17P2. The maximum atomic E-state index is 13.1. The van der Waals surface area contributed by atoms with Gasteiger partial charge in [-0.25, -0.2) is 9.13 Å². The Balaban J connectivity index is 5.15. The van der Waals surface area contributed by atoms with E-state index < -0.39 is 97.5 Å². The van der Waals surface area contributed by atoms with Gasteiger partial charge in [0, 0.05) is 25.7 Å². The number of phosphoric ester groups is 2. The van der Waals surface area contributed by atoms with Gasteiger partial charge in [0.1, 0.15) is 19.3 Å². The zero-order chi connectivity index (χ0) is 69.8. The molecule has 0 aliphatic carbocycles. The summed E-state index contributed by atoms with van der Waals surface area (Å²) in [6.07, 6.45) is 58.7. The first-order chi connectivity index (χ1) is 46.1. The van der Waals surface area contributed by atoms with Crippen molar-refractivity contribution in [1.82, 2.24) is 0 Å². The lowest BCUT2D eigenvalue weighted by atomic mass is 10.00. The molecule has 0 saturated heterocycles. The summed E-state index contributed by atoms with van der Waals surface area (Å²) >= 11 is 0. The molecule has 0 fully saturated rings. The van der Waals surface area contributed by atoms with Crippen molar-refractivity contribution in [1.29, 1.82) is 0 Å². The molecule has 17 nitrogen and oxygen atoms in total. The lowest BCUT2D eigenvalue weighted by molar-refractivity contribution is -0.161. The first-order valence-corrected chi connectivity index (χ1v) is 42.7. The zero-order valence-corrected chi connectivity index (χ0v) is 63.6. The van der Waals surface area contributed by atoms with Gasteiger partial charge in [-0.15, -0.1) is 0 Å². The molecule has 564 valence electrons. The Kier molecular flexibility index (Phi) is 67.7. The van der Waals surface area contributed by atoms with Gasteiger partial charge >= 0.3 is 39.5 Å². The van der Waals surface area contributed by atoms with Crippen LogP contribution < -0.4 is 0 Å². The third-order valence-corrected chi connectivity index (χ3v) is 20.0. The number of carbonyl (C=O) groups excluding carboxylic acids is 4. The Morgan fingerprint density at radius 2 is 0.505 bits per heavy atom. The molecule has 0 aliphatic rings. The monoisotopic (exact) mass is 1400 g/mol. The van der Waals surface area contributed by atoms with Gasteiger partial charge in [-0.05, 0) is 31.6 Å². The summed E-state index contributed by atoms with van der Waals surface area (Å²) in [5.74, 6) is -1.40. The molecule has 0 saturated carbocycles. The van der Waals surface area contributed by atoms with Crippen LogP contribution in [-0.4, -0.2) is 96.7 Å². The normalized spacial score (nSPS) is 14.2. The zero-order valence-electron chi connectivity index (χ0n) is 61.8. The number of aliphatic hydroxyl groups excluding tert-OH is 1. The SMILES string of the molecule is CCCCCCCCCCCCCCCCCCCCCCCC(=O)O[C@H](COC(=O)CCCCCCCCCCCCCCCCCCC)COP(=O)(O)OC[C@@H](O)COP(=O)(O)OC[C@@H](COC(=O)CCCCCCCCC)OC(=O)CCCCCCCCC(C)CC. The molecule has 3 N–H and O–H groups in total. The van der Waals surface area contributed by atoms with Gasteiger partial charge in [0.2, 0.25) is 0 Å². The van der Waals surface area contributed by atoms with Crippen LogP contribution in [0.4, 0.5) is 0 Å². The highest BCUT2D eigenvalue weighted by atomic mass is 31.2. The van der Waals surface area contributed by atoms with Crippen molar-refractivity contribution in [2.45, 2.75) is 419 Å². The number of phosphoric acid groups is 2. The quantitative estimate of drug-likeness (QED) is 0.0222. The summed E-state index contributed by atoms with van der Waals surface area (Å²) in [7, 11) is -9.90. The number of aliphatic hydroxyl groups is 1. The molecule has 0 aromatic heterocycles. The minimum atomic E-state index is -4.96. The van der Waals surface area contributed by atoms with Crippen LogP contribution in [0.1, 0.15) is 401 Å². The molecule has 0 aliphatic heterocycles. The predicted molar refractivity (Wildman–Crippen MR) is 386 cm³/mol. The van der Waals surface area contributed by atoms with Gasteiger partial charge in [-0.2, -0.15) is 0 Å². The van der Waals surface area contributed by atoms with E-state index in [1.54, 1.807) is 0 Å².